The number of hydrogen-bond acceptors (Lipinski definition) is 8. The SMILES string of the molecule is Cc1nnc(-c2ccc(S(=O)(=O)N3CCN(C(=O)c4ccco4)CC3)s2)o1. The first-order valence-electron chi connectivity index (χ1n) is 8.18. The third-order valence-electron chi connectivity index (χ3n) is 4.17. The molecule has 0 aromatic carbocycles. The lowest BCUT2D eigenvalue weighted by atomic mass is 10.3. The Bertz CT molecular complexity index is 1050. The van der Waals surface area contributed by atoms with E-state index in [4.69, 9.17) is 8.83 Å². The maximum atomic E-state index is 12.9. The summed E-state index contributed by atoms with van der Waals surface area (Å²) in [6, 6.07) is 6.43. The highest BCUT2D eigenvalue weighted by molar-refractivity contribution is 7.91. The van der Waals surface area contributed by atoms with Gasteiger partial charge < -0.3 is 13.7 Å². The molecule has 9 nitrogen and oxygen atoms in total. The van der Waals surface area contributed by atoms with Crippen LogP contribution in [0.15, 0.2) is 43.6 Å². The third kappa shape index (κ3) is 3.40. The van der Waals surface area contributed by atoms with Crippen LogP contribution in [0.25, 0.3) is 10.8 Å². The van der Waals surface area contributed by atoms with Crippen molar-refractivity contribution >= 4 is 27.3 Å². The molecule has 1 saturated heterocycles. The summed E-state index contributed by atoms with van der Waals surface area (Å²) in [4.78, 5) is 14.5. The van der Waals surface area contributed by atoms with Crippen LogP contribution in [0.4, 0.5) is 0 Å². The van der Waals surface area contributed by atoms with Gasteiger partial charge in [0.25, 0.3) is 21.8 Å². The van der Waals surface area contributed by atoms with Crippen molar-refractivity contribution in [3.05, 3.63) is 42.2 Å². The number of rotatable bonds is 4. The molecule has 0 N–H and O–H groups in total. The minimum atomic E-state index is -3.64. The number of furan rings is 1. The number of sulfonamides is 1. The highest BCUT2D eigenvalue weighted by atomic mass is 32.2. The number of nitrogens with zero attached hydrogens (tertiary/aromatic N) is 4. The van der Waals surface area contributed by atoms with Gasteiger partial charge in [0.05, 0.1) is 11.1 Å². The average Bonchev–Trinajstić information content (AvgIpc) is 3.42. The van der Waals surface area contributed by atoms with Gasteiger partial charge in [0, 0.05) is 33.1 Å². The van der Waals surface area contributed by atoms with Crippen LogP contribution in [-0.4, -0.2) is 59.9 Å². The van der Waals surface area contributed by atoms with E-state index in [1.54, 1.807) is 30.0 Å². The molecule has 0 saturated carbocycles. The van der Waals surface area contributed by atoms with E-state index in [1.165, 1.54) is 16.6 Å². The molecule has 1 aliphatic heterocycles. The topological polar surface area (TPSA) is 110 Å². The molecule has 27 heavy (non-hydrogen) atoms. The van der Waals surface area contributed by atoms with Crippen LogP contribution >= 0.6 is 11.3 Å². The minimum Gasteiger partial charge on any atom is -0.459 e. The number of aromatic nitrogens is 2. The normalized spacial score (nSPS) is 16.0. The number of hydrogen-bond donors (Lipinski definition) is 0. The molecule has 0 radical (unpaired) electrons. The van der Waals surface area contributed by atoms with Crippen molar-refractivity contribution in [3.8, 4) is 10.8 Å². The molecule has 1 fully saturated rings. The van der Waals surface area contributed by atoms with Crippen LogP contribution in [0.1, 0.15) is 16.4 Å². The molecule has 3 aromatic heterocycles. The predicted octanol–water partition coefficient (Wildman–Crippen LogP) is 1.85. The lowest BCUT2D eigenvalue weighted by Crippen LogP contribution is -2.50. The fraction of sp³-hybridized carbons (Fsp3) is 0.312. The molecule has 0 spiro atoms. The van der Waals surface area contributed by atoms with Crippen molar-refractivity contribution in [2.24, 2.45) is 0 Å². The fourth-order valence-corrected chi connectivity index (χ4v) is 5.59. The Labute approximate surface area is 159 Å². The standard InChI is InChI=1S/C16H16N4O5S2/c1-11-17-18-15(25-11)13-4-5-14(26-13)27(22,23)20-8-6-19(7-9-20)16(21)12-3-2-10-24-12/h2-5,10H,6-9H2,1H3. The number of aryl methyl sites for hydroxylation is 1. The molecule has 11 heteroatoms. The van der Waals surface area contributed by atoms with Gasteiger partial charge in [-0.15, -0.1) is 21.5 Å². The molecular formula is C16H16N4O5S2. The van der Waals surface area contributed by atoms with Crippen molar-refractivity contribution in [2.45, 2.75) is 11.1 Å². The molecular weight excluding hydrogens is 392 g/mol. The molecule has 0 unspecified atom stereocenters. The average molecular weight is 408 g/mol. The molecule has 4 heterocycles. The van der Waals surface area contributed by atoms with Crippen LogP contribution in [-0.2, 0) is 10.0 Å². The van der Waals surface area contributed by atoms with E-state index in [0.717, 1.165) is 11.3 Å². The minimum absolute atomic E-state index is 0.208. The molecule has 1 amide bonds. The van der Waals surface area contributed by atoms with Crippen LogP contribution in [0.2, 0.25) is 0 Å². The van der Waals surface area contributed by atoms with Crippen molar-refractivity contribution < 1.29 is 22.0 Å². The van der Waals surface area contributed by atoms with Gasteiger partial charge in [-0.25, -0.2) is 8.42 Å². The van der Waals surface area contributed by atoms with Gasteiger partial charge in [0.1, 0.15) is 4.21 Å². The van der Waals surface area contributed by atoms with Crippen LogP contribution in [0, 0.1) is 6.92 Å². The maximum absolute atomic E-state index is 12.9. The van der Waals surface area contributed by atoms with E-state index in [1.807, 2.05) is 0 Å². The highest BCUT2D eigenvalue weighted by Crippen LogP contribution is 2.32. The Morgan fingerprint density at radius 3 is 2.56 bits per heavy atom. The van der Waals surface area contributed by atoms with Gasteiger partial charge >= 0.3 is 0 Å². The first kappa shape index (κ1) is 17.9. The Morgan fingerprint density at radius 2 is 1.93 bits per heavy atom. The van der Waals surface area contributed by atoms with Crippen molar-refractivity contribution in [2.75, 3.05) is 26.2 Å². The number of thiophene rings is 1. The monoisotopic (exact) mass is 408 g/mol. The van der Waals surface area contributed by atoms with Gasteiger partial charge in [-0.2, -0.15) is 4.31 Å². The quantitative estimate of drug-likeness (QED) is 0.648. The molecule has 0 bridgehead atoms. The van der Waals surface area contributed by atoms with Crippen molar-refractivity contribution in [1.29, 1.82) is 0 Å². The lowest BCUT2D eigenvalue weighted by molar-refractivity contribution is 0.0666. The van der Waals surface area contributed by atoms with Gasteiger partial charge in [-0.3, -0.25) is 4.79 Å². The van der Waals surface area contributed by atoms with E-state index < -0.39 is 10.0 Å². The Balaban J connectivity index is 1.46. The van der Waals surface area contributed by atoms with Gasteiger partial charge in [0.2, 0.25) is 5.89 Å². The van der Waals surface area contributed by atoms with Crippen molar-refractivity contribution in [1.82, 2.24) is 19.4 Å². The van der Waals surface area contributed by atoms with Crippen LogP contribution in [0.5, 0.6) is 0 Å². The number of carbonyl (C=O) groups is 1. The van der Waals surface area contributed by atoms with Gasteiger partial charge in [-0.1, -0.05) is 0 Å². The molecule has 3 aromatic rings. The highest BCUT2D eigenvalue weighted by Gasteiger charge is 2.32. The summed E-state index contributed by atoms with van der Waals surface area (Å²) in [5.41, 5.74) is 0. The number of carbonyl (C=O) groups excluding carboxylic acids is 1. The summed E-state index contributed by atoms with van der Waals surface area (Å²) in [6.07, 6.45) is 1.44. The molecule has 0 atom stereocenters. The first-order valence-corrected chi connectivity index (χ1v) is 10.4. The van der Waals surface area contributed by atoms with E-state index in [2.05, 4.69) is 10.2 Å². The third-order valence-corrected chi connectivity index (χ3v) is 7.61. The summed E-state index contributed by atoms with van der Waals surface area (Å²) in [5, 5.41) is 7.67. The Kier molecular flexibility index (Phi) is 4.58. The zero-order valence-electron chi connectivity index (χ0n) is 14.4. The summed E-state index contributed by atoms with van der Waals surface area (Å²) in [5.74, 6) is 0.735. The zero-order chi connectivity index (χ0) is 19.0. The fourth-order valence-electron chi connectivity index (χ4n) is 2.78. The second-order valence-electron chi connectivity index (χ2n) is 5.92. The number of piperazine rings is 1. The smallest absolute Gasteiger partial charge is 0.289 e. The van der Waals surface area contributed by atoms with E-state index in [9.17, 15) is 13.2 Å². The summed E-state index contributed by atoms with van der Waals surface area (Å²) >= 11 is 1.08. The van der Waals surface area contributed by atoms with E-state index in [0.29, 0.717) is 29.7 Å². The largest absolute Gasteiger partial charge is 0.459 e. The molecule has 4 rings (SSSR count). The number of amides is 1. The van der Waals surface area contributed by atoms with Crippen LogP contribution < -0.4 is 0 Å². The Hall–Kier alpha value is -2.50. The summed E-state index contributed by atoms with van der Waals surface area (Å²) < 4.78 is 37.8. The van der Waals surface area contributed by atoms with Crippen LogP contribution in [0.3, 0.4) is 0 Å². The molecule has 0 aliphatic carbocycles. The maximum Gasteiger partial charge on any atom is 0.289 e. The van der Waals surface area contributed by atoms with Gasteiger partial charge in [-0.05, 0) is 24.3 Å². The Morgan fingerprint density at radius 1 is 1.15 bits per heavy atom. The predicted molar refractivity (Wildman–Crippen MR) is 95.7 cm³/mol. The lowest BCUT2D eigenvalue weighted by Gasteiger charge is -2.33. The van der Waals surface area contributed by atoms with Gasteiger partial charge in [0.15, 0.2) is 5.76 Å². The first-order chi connectivity index (χ1) is 12.9. The molecule has 1 aliphatic rings. The summed E-state index contributed by atoms with van der Waals surface area (Å²) in [6.45, 7) is 2.73. The van der Waals surface area contributed by atoms with E-state index >= 15 is 0 Å². The zero-order valence-corrected chi connectivity index (χ0v) is 16.0. The van der Waals surface area contributed by atoms with E-state index in [-0.39, 0.29) is 29.0 Å². The molecule has 142 valence electrons. The second-order valence-corrected chi connectivity index (χ2v) is 9.17. The van der Waals surface area contributed by atoms with Crippen molar-refractivity contribution in [3.63, 3.8) is 0 Å². The summed E-state index contributed by atoms with van der Waals surface area (Å²) in [7, 11) is -3.64. The second kappa shape index (κ2) is 6.91.